The van der Waals surface area contributed by atoms with Crippen molar-refractivity contribution in [1.82, 2.24) is 4.72 Å². The Hall–Kier alpha value is -1.62. The molecule has 1 aromatic rings. The molecule has 0 spiro atoms. The maximum Gasteiger partial charge on any atom is 0.305 e. The number of nitriles is 1. The number of esters is 1. The molecule has 0 saturated carbocycles. The highest BCUT2D eigenvalue weighted by atomic mass is 35.5. The summed E-state index contributed by atoms with van der Waals surface area (Å²) in [5.74, 6) is -0.374. The number of rotatable bonds is 7. The monoisotopic (exact) mass is 330 g/mol. The Morgan fingerprint density at radius 1 is 1.48 bits per heavy atom. The van der Waals surface area contributed by atoms with E-state index in [2.05, 4.69) is 4.72 Å². The Morgan fingerprint density at radius 2 is 2.19 bits per heavy atom. The molecule has 6 nitrogen and oxygen atoms in total. The highest BCUT2D eigenvalue weighted by Gasteiger charge is 2.18. The van der Waals surface area contributed by atoms with E-state index in [1.165, 1.54) is 18.2 Å². The largest absolute Gasteiger partial charge is 0.466 e. The Morgan fingerprint density at radius 3 is 2.81 bits per heavy atom. The van der Waals surface area contributed by atoms with Crippen molar-refractivity contribution in [2.24, 2.45) is 0 Å². The molecular formula is C13H15ClN2O4S. The first-order chi connectivity index (χ1) is 9.90. The van der Waals surface area contributed by atoms with Crippen LogP contribution in [0.15, 0.2) is 23.1 Å². The van der Waals surface area contributed by atoms with Gasteiger partial charge in [0, 0.05) is 13.0 Å². The van der Waals surface area contributed by atoms with E-state index < -0.39 is 10.0 Å². The lowest BCUT2D eigenvalue weighted by Crippen LogP contribution is -2.25. The summed E-state index contributed by atoms with van der Waals surface area (Å²) in [5.41, 5.74) is 0.200. The molecular weight excluding hydrogens is 316 g/mol. The van der Waals surface area contributed by atoms with Crippen molar-refractivity contribution in [2.75, 3.05) is 13.2 Å². The van der Waals surface area contributed by atoms with Crippen LogP contribution < -0.4 is 4.72 Å². The van der Waals surface area contributed by atoms with Crippen molar-refractivity contribution in [3.63, 3.8) is 0 Å². The fourth-order valence-corrected chi connectivity index (χ4v) is 3.13. The molecule has 0 unspecified atom stereocenters. The molecule has 0 heterocycles. The number of carbonyl (C=O) groups excluding carboxylic acids is 1. The number of hydrogen-bond acceptors (Lipinski definition) is 5. The van der Waals surface area contributed by atoms with Crippen LogP contribution in [-0.2, 0) is 19.6 Å². The van der Waals surface area contributed by atoms with Crippen LogP contribution in [0.5, 0.6) is 0 Å². The van der Waals surface area contributed by atoms with Gasteiger partial charge in [-0.15, -0.1) is 0 Å². The normalized spacial score (nSPS) is 10.9. The number of carbonyl (C=O) groups is 1. The molecule has 0 aliphatic rings. The Kier molecular flexibility index (Phi) is 6.62. The molecule has 0 bridgehead atoms. The maximum atomic E-state index is 12.1. The third-order valence-corrected chi connectivity index (χ3v) is 4.45. The van der Waals surface area contributed by atoms with Gasteiger partial charge in [-0.2, -0.15) is 5.26 Å². The predicted octanol–water partition coefficient (Wildman–Crippen LogP) is 1.83. The Balaban J connectivity index is 2.66. The van der Waals surface area contributed by atoms with Gasteiger partial charge in [0.1, 0.15) is 4.90 Å². The van der Waals surface area contributed by atoms with E-state index in [0.29, 0.717) is 13.0 Å². The van der Waals surface area contributed by atoms with Crippen molar-refractivity contribution in [3.05, 3.63) is 28.8 Å². The van der Waals surface area contributed by atoms with E-state index in [1.54, 1.807) is 6.92 Å². The predicted molar refractivity (Wildman–Crippen MR) is 77.2 cm³/mol. The molecule has 0 radical (unpaired) electrons. The first-order valence-corrected chi connectivity index (χ1v) is 8.11. The average Bonchev–Trinajstić information content (AvgIpc) is 2.44. The smallest absolute Gasteiger partial charge is 0.305 e. The zero-order valence-corrected chi connectivity index (χ0v) is 13.0. The summed E-state index contributed by atoms with van der Waals surface area (Å²) in [6.07, 6.45) is 0.440. The lowest BCUT2D eigenvalue weighted by atomic mass is 10.2. The molecule has 0 aromatic heterocycles. The molecule has 21 heavy (non-hydrogen) atoms. The number of hydrogen-bond donors (Lipinski definition) is 1. The third kappa shape index (κ3) is 5.34. The zero-order chi connectivity index (χ0) is 15.9. The number of ether oxygens (including phenoxy) is 1. The topological polar surface area (TPSA) is 96.3 Å². The van der Waals surface area contributed by atoms with Gasteiger partial charge in [-0.05, 0) is 31.5 Å². The lowest BCUT2D eigenvalue weighted by molar-refractivity contribution is -0.143. The molecule has 1 rings (SSSR count). The van der Waals surface area contributed by atoms with E-state index in [-0.39, 0.29) is 34.4 Å². The lowest BCUT2D eigenvalue weighted by Gasteiger charge is -2.08. The van der Waals surface area contributed by atoms with Gasteiger partial charge >= 0.3 is 5.97 Å². The van der Waals surface area contributed by atoms with Crippen LogP contribution in [0, 0.1) is 11.3 Å². The minimum atomic E-state index is -3.82. The average molecular weight is 331 g/mol. The molecule has 0 aliphatic carbocycles. The van der Waals surface area contributed by atoms with Crippen LogP contribution in [0.4, 0.5) is 0 Å². The minimum absolute atomic E-state index is 0.0342. The van der Waals surface area contributed by atoms with Crippen molar-refractivity contribution >= 4 is 27.6 Å². The first-order valence-electron chi connectivity index (χ1n) is 6.25. The molecule has 1 aromatic carbocycles. The molecule has 0 amide bonds. The molecule has 1 N–H and O–H groups in total. The van der Waals surface area contributed by atoms with Gasteiger partial charge < -0.3 is 4.74 Å². The van der Waals surface area contributed by atoms with Crippen LogP contribution in [0.1, 0.15) is 25.3 Å². The molecule has 0 fully saturated rings. The number of nitrogens with one attached hydrogen (secondary N) is 1. The van der Waals surface area contributed by atoms with Gasteiger partial charge in [-0.25, -0.2) is 13.1 Å². The molecule has 0 aliphatic heterocycles. The molecule has 0 saturated heterocycles. The van der Waals surface area contributed by atoms with Crippen LogP contribution in [0.2, 0.25) is 5.02 Å². The summed E-state index contributed by atoms with van der Waals surface area (Å²) in [6, 6.07) is 5.84. The fourth-order valence-electron chi connectivity index (χ4n) is 1.53. The van der Waals surface area contributed by atoms with Crippen molar-refractivity contribution in [2.45, 2.75) is 24.7 Å². The molecule has 0 atom stereocenters. The van der Waals surface area contributed by atoms with E-state index in [0.717, 1.165) is 0 Å². The van der Waals surface area contributed by atoms with E-state index >= 15 is 0 Å². The van der Waals surface area contributed by atoms with Crippen LogP contribution >= 0.6 is 11.6 Å². The van der Waals surface area contributed by atoms with Gasteiger partial charge in [0.2, 0.25) is 10.0 Å². The molecule has 8 heteroatoms. The van der Waals surface area contributed by atoms with Gasteiger partial charge in [0.15, 0.2) is 0 Å². The number of sulfonamides is 1. The van der Waals surface area contributed by atoms with Crippen molar-refractivity contribution < 1.29 is 17.9 Å². The summed E-state index contributed by atoms with van der Waals surface area (Å²) in [5, 5.41) is 8.82. The standard InChI is InChI=1S/C13H15ClN2O4S/c1-2-20-13(17)4-3-7-16-21(18,19)12-8-10(9-15)5-6-11(12)14/h5-6,8,16H,2-4,7H2,1H3. The highest BCUT2D eigenvalue weighted by molar-refractivity contribution is 7.89. The first kappa shape index (κ1) is 17.4. The SMILES string of the molecule is CCOC(=O)CCCNS(=O)(=O)c1cc(C#N)ccc1Cl. The van der Waals surface area contributed by atoms with E-state index in [9.17, 15) is 13.2 Å². The summed E-state index contributed by atoms with van der Waals surface area (Å²) < 4.78 is 31.2. The quantitative estimate of drug-likeness (QED) is 0.607. The fraction of sp³-hybridized carbons (Fsp3) is 0.385. The summed E-state index contributed by atoms with van der Waals surface area (Å²) in [7, 11) is -3.82. The Bertz CT molecular complexity index is 653. The number of halogens is 1. The minimum Gasteiger partial charge on any atom is -0.466 e. The highest BCUT2D eigenvalue weighted by Crippen LogP contribution is 2.22. The molecule has 114 valence electrons. The van der Waals surface area contributed by atoms with Crippen LogP contribution in [0.25, 0.3) is 0 Å². The van der Waals surface area contributed by atoms with Crippen molar-refractivity contribution in [1.29, 1.82) is 5.26 Å². The summed E-state index contributed by atoms with van der Waals surface area (Å²) in [6.45, 7) is 2.07. The van der Waals surface area contributed by atoms with Crippen molar-refractivity contribution in [3.8, 4) is 6.07 Å². The maximum absolute atomic E-state index is 12.1. The van der Waals surface area contributed by atoms with Gasteiger partial charge in [0.05, 0.1) is 23.3 Å². The second-order valence-electron chi connectivity index (χ2n) is 4.06. The van der Waals surface area contributed by atoms with Crippen LogP contribution in [-0.4, -0.2) is 27.5 Å². The van der Waals surface area contributed by atoms with E-state index in [4.69, 9.17) is 21.6 Å². The summed E-state index contributed by atoms with van der Waals surface area (Å²) >= 11 is 5.84. The zero-order valence-electron chi connectivity index (χ0n) is 11.4. The van der Waals surface area contributed by atoms with Crippen LogP contribution in [0.3, 0.4) is 0 Å². The number of nitrogens with zero attached hydrogens (tertiary/aromatic N) is 1. The third-order valence-electron chi connectivity index (χ3n) is 2.50. The van der Waals surface area contributed by atoms with Gasteiger partial charge in [-0.1, -0.05) is 11.6 Å². The Labute approximate surface area is 128 Å². The summed E-state index contributed by atoms with van der Waals surface area (Å²) in [4.78, 5) is 11.0. The number of benzene rings is 1. The van der Waals surface area contributed by atoms with Gasteiger partial charge in [0.25, 0.3) is 0 Å². The van der Waals surface area contributed by atoms with Gasteiger partial charge in [-0.3, -0.25) is 4.79 Å². The second-order valence-corrected chi connectivity index (χ2v) is 6.21. The second kappa shape index (κ2) is 7.98. The van der Waals surface area contributed by atoms with E-state index in [1.807, 2.05) is 6.07 Å².